The normalized spacial score (nSPS) is 13.6. The fraction of sp³-hybridized carbons (Fsp3) is 0.643. The number of carbonyl (C=O) groups excluding carboxylic acids is 3. The highest BCUT2D eigenvalue weighted by molar-refractivity contribution is 5.92. The summed E-state index contributed by atoms with van der Waals surface area (Å²) >= 11 is 0. The maximum absolute atomic E-state index is 11.8. The van der Waals surface area contributed by atoms with E-state index in [9.17, 15) is 19.2 Å². The number of amides is 3. The Labute approximate surface area is 155 Å². The molecule has 11 N–H and O–H groups in total. The number of aliphatic hydroxyl groups excluding tert-OH is 1. The van der Waals surface area contributed by atoms with Crippen molar-refractivity contribution in [1.82, 2.24) is 16.0 Å². The van der Waals surface area contributed by atoms with E-state index in [-0.39, 0.29) is 5.96 Å². The lowest BCUT2D eigenvalue weighted by Crippen LogP contribution is -2.53. The molecule has 13 nitrogen and oxygen atoms in total. The summed E-state index contributed by atoms with van der Waals surface area (Å²) in [6.07, 6.45) is 0.784. The number of carboxylic acid groups (broad SMARTS) is 1. The molecule has 0 saturated carbocycles. The first-order valence-electron chi connectivity index (χ1n) is 8.10. The van der Waals surface area contributed by atoms with Gasteiger partial charge in [0.1, 0.15) is 12.1 Å². The standard InChI is InChI=1S/C14H27N7O6/c1-7(11(24)21-9(6-22)13(26)27)20-10(23)5-19-12(25)8(15)3-2-4-18-14(16)17/h7-9,22H,2-6,15H2,1H3,(H,19,25)(H,20,23)(H,21,24)(H,26,27)(H4,16,17,18). The maximum atomic E-state index is 11.8. The van der Waals surface area contributed by atoms with Crippen molar-refractivity contribution in [2.24, 2.45) is 22.2 Å². The van der Waals surface area contributed by atoms with Crippen LogP contribution in [0.5, 0.6) is 0 Å². The van der Waals surface area contributed by atoms with Gasteiger partial charge in [0, 0.05) is 6.54 Å². The number of guanidine groups is 1. The van der Waals surface area contributed by atoms with Crippen LogP contribution in [0, 0.1) is 0 Å². The molecule has 3 unspecified atom stereocenters. The second kappa shape index (κ2) is 12.4. The lowest BCUT2D eigenvalue weighted by molar-refractivity contribution is -0.143. The van der Waals surface area contributed by atoms with Crippen LogP contribution in [0.1, 0.15) is 19.8 Å². The van der Waals surface area contributed by atoms with Gasteiger partial charge < -0.3 is 43.4 Å². The topological polar surface area (TPSA) is 235 Å². The van der Waals surface area contributed by atoms with Gasteiger partial charge in [0.05, 0.1) is 19.2 Å². The molecule has 13 heteroatoms. The van der Waals surface area contributed by atoms with Gasteiger partial charge in [-0.2, -0.15) is 0 Å². The molecule has 154 valence electrons. The van der Waals surface area contributed by atoms with E-state index >= 15 is 0 Å². The van der Waals surface area contributed by atoms with Crippen molar-refractivity contribution in [2.45, 2.75) is 37.9 Å². The van der Waals surface area contributed by atoms with E-state index < -0.39 is 55.0 Å². The van der Waals surface area contributed by atoms with Crippen LogP contribution in [0.15, 0.2) is 4.99 Å². The van der Waals surface area contributed by atoms with Gasteiger partial charge in [-0.05, 0) is 19.8 Å². The molecular weight excluding hydrogens is 362 g/mol. The Bertz CT molecular complexity index is 564. The summed E-state index contributed by atoms with van der Waals surface area (Å²) in [4.78, 5) is 49.8. The van der Waals surface area contributed by atoms with Crippen LogP contribution < -0.4 is 33.2 Å². The molecule has 0 bridgehead atoms. The van der Waals surface area contributed by atoms with Gasteiger partial charge in [-0.15, -0.1) is 0 Å². The number of nitrogens with two attached hydrogens (primary N) is 3. The van der Waals surface area contributed by atoms with Crippen LogP contribution in [0.2, 0.25) is 0 Å². The number of rotatable bonds is 12. The predicted molar refractivity (Wildman–Crippen MR) is 95.2 cm³/mol. The first kappa shape index (κ1) is 24.1. The van der Waals surface area contributed by atoms with Gasteiger partial charge >= 0.3 is 5.97 Å². The van der Waals surface area contributed by atoms with Gasteiger partial charge in [0.25, 0.3) is 0 Å². The third-order valence-corrected chi connectivity index (χ3v) is 3.30. The molecule has 3 atom stereocenters. The maximum Gasteiger partial charge on any atom is 0.328 e. The van der Waals surface area contributed by atoms with Crippen molar-refractivity contribution in [3.63, 3.8) is 0 Å². The molecule has 0 aliphatic rings. The molecular formula is C14H27N7O6. The van der Waals surface area contributed by atoms with Crippen LogP contribution in [-0.4, -0.2) is 77.7 Å². The second-order valence-electron chi connectivity index (χ2n) is 5.64. The van der Waals surface area contributed by atoms with Crippen molar-refractivity contribution < 1.29 is 29.4 Å². The molecule has 0 spiro atoms. The minimum Gasteiger partial charge on any atom is -0.480 e. The van der Waals surface area contributed by atoms with Crippen LogP contribution >= 0.6 is 0 Å². The summed E-state index contributed by atoms with van der Waals surface area (Å²) < 4.78 is 0. The summed E-state index contributed by atoms with van der Waals surface area (Å²) in [5.74, 6) is -3.50. The first-order valence-corrected chi connectivity index (χ1v) is 8.10. The zero-order valence-corrected chi connectivity index (χ0v) is 15.0. The summed E-state index contributed by atoms with van der Waals surface area (Å²) in [5, 5.41) is 24.2. The van der Waals surface area contributed by atoms with Gasteiger partial charge in [-0.25, -0.2) is 4.79 Å². The highest BCUT2D eigenvalue weighted by Gasteiger charge is 2.23. The monoisotopic (exact) mass is 389 g/mol. The average molecular weight is 389 g/mol. The van der Waals surface area contributed by atoms with Crippen molar-refractivity contribution in [3.8, 4) is 0 Å². The number of nitrogens with one attached hydrogen (secondary N) is 3. The number of carbonyl (C=O) groups is 4. The molecule has 0 fully saturated rings. The Morgan fingerprint density at radius 1 is 1.11 bits per heavy atom. The first-order chi connectivity index (χ1) is 12.6. The summed E-state index contributed by atoms with van der Waals surface area (Å²) in [7, 11) is 0. The summed E-state index contributed by atoms with van der Waals surface area (Å²) in [5.41, 5.74) is 16.0. The molecule has 27 heavy (non-hydrogen) atoms. The van der Waals surface area contributed by atoms with Crippen LogP contribution in [0.3, 0.4) is 0 Å². The smallest absolute Gasteiger partial charge is 0.328 e. The fourth-order valence-corrected chi connectivity index (χ4v) is 1.79. The second-order valence-corrected chi connectivity index (χ2v) is 5.64. The molecule has 0 aromatic carbocycles. The quantitative estimate of drug-likeness (QED) is 0.0911. The molecule has 0 rings (SSSR count). The van der Waals surface area contributed by atoms with Crippen LogP contribution in [0.4, 0.5) is 0 Å². The molecule has 0 heterocycles. The number of aliphatic imine (C=N–C) groups is 1. The summed E-state index contributed by atoms with van der Waals surface area (Å²) in [6, 6.07) is -3.40. The minimum absolute atomic E-state index is 0.0588. The van der Waals surface area contributed by atoms with E-state index in [1.54, 1.807) is 0 Å². The summed E-state index contributed by atoms with van der Waals surface area (Å²) in [6.45, 7) is 0.432. The zero-order valence-electron chi connectivity index (χ0n) is 15.0. The third-order valence-electron chi connectivity index (χ3n) is 3.30. The van der Waals surface area contributed by atoms with E-state index in [1.807, 2.05) is 0 Å². The molecule has 3 amide bonds. The highest BCUT2D eigenvalue weighted by atomic mass is 16.4. The van der Waals surface area contributed by atoms with E-state index in [1.165, 1.54) is 6.92 Å². The van der Waals surface area contributed by atoms with Crippen LogP contribution in [0.25, 0.3) is 0 Å². The predicted octanol–water partition coefficient (Wildman–Crippen LogP) is -4.45. The Balaban J connectivity index is 4.22. The molecule has 0 aromatic rings. The Kier molecular flexibility index (Phi) is 11.1. The highest BCUT2D eigenvalue weighted by Crippen LogP contribution is 1.95. The fourth-order valence-electron chi connectivity index (χ4n) is 1.79. The molecule has 0 saturated heterocycles. The van der Waals surface area contributed by atoms with E-state index in [2.05, 4.69) is 20.9 Å². The number of aliphatic hydroxyl groups is 1. The third kappa shape index (κ3) is 10.6. The van der Waals surface area contributed by atoms with Crippen molar-refractivity contribution in [3.05, 3.63) is 0 Å². The van der Waals surface area contributed by atoms with E-state index in [0.29, 0.717) is 19.4 Å². The zero-order chi connectivity index (χ0) is 21.0. The van der Waals surface area contributed by atoms with Gasteiger partial charge in [-0.3, -0.25) is 19.4 Å². The SMILES string of the molecule is CC(NC(=O)CNC(=O)C(N)CCCN=C(N)N)C(=O)NC(CO)C(=O)O. The Hall–Kier alpha value is -2.93. The molecule has 0 aromatic heterocycles. The van der Waals surface area contributed by atoms with Crippen molar-refractivity contribution in [2.75, 3.05) is 19.7 Å². The van der Waals surface area contributed by atoms with E-state index in [0.717, 1.165) is 0 Å². The molecule has 0 aliphatic carbocycles. The minimum atomic E-state index is -1.48. The van der Waals surface area contributed by atoms with E-state index in [4.69, 9.17) is 27.4 Å². The number of carboxylic acids is 1. The molecule has 0 radical (unpaired) electrons. The number of nitrogens with zero attached hydrogens (tertiary/aromatic N) is 1. The van der Waals surface area contributed by atoms with Crippen molar-refractivity contribution in [1.29, 1.82) is 0 Å². The van der Waals surface area contributed by atoms with Gasteiger partial charge in [-0.1, -0.05) is 0 Å². The molecule has 0 aliphatic heterocycles. The largest absolute Gasteiger partial charge is 0.480 e. The van der Waals surface area contributed by atoms with Gasteiger partial charge in [0.2, 0.25) is 17.7 Å². The Morgan fingerprint density at radius 3 is 2.26 bits per heavy atom. The van der Waals surface area contributed by atoms with Crippen molar-refractivity contribution >= 4 is 29.7 Å². The van der Waals surface area contributed by atoms with Gasteiger partial charge in [0.15, 0.2) is 5.96 Å². The number of hydrogen-bond donors (Lipinski definition) is 8. The average Bonchev–Trinajstić information content (AvgIpc) is 2.60. The lowest BCUT2D eigenvalue weighted by Gasteiger charge is -2.17. The lowest BCUT2D eigenvalue weighted by atomic mass is 10.1. The Morgan fingerprint density at radius 2 is 1.74 bits per heavy atom. The number of hydrogen-bond acceptors (Lipinski definition) is 7. The number of aliphatic carboxylic acids is 1. The van der Waals surface area contributed by atoms with Crippen LogP contribution in [-0.2, 0) is 19.2 Å².